The molecule has 1 aliphatic rings. The van der Waals surface area contributed by atoms with E-state index >= 15 is 0 Å². The molecule has 3 aromatic rings. The molecule has 1 unspecified atom stereocenters. The maximum atomic E-state index is 13.1. The van der Waals surface area contributed by atoms with Crippen LogP contribution in [-0.4, -0.2) is 47.3 Å². The van der Waals surface area contributed by atoms with Crippen molar-refractivity contribution < 1.29 is 22.4 Å². The molecule has 156 valence electrons. The molecule has 0 saturated heterocycles. The SMILES string of the molecule is CC1c2nnn(-c3ncc(F)cn3)c2CCN1C(=O)c1cncc(C(F)(F)F)c1Cl. The van der Waals surface area contributed by atoms with Crippen LogP contribution in [0, 0.1) is 5.82 Å². The van der Waals surface area contributed by atoms with Crippen LogP contribution in [0.3, 0.4) is 0 Å². The fourth-order valence-electron chi connectivity index (χ4n) is 3.24. The molecule has 0 radical (unpaired) electrons. The van der Waals surface area contributed by atoms with E-state index in [1.54, 1.807) is 6.92 Å². The first-order chi connectivity index (χ1) is 14.2. The number of nitrogens with zero attached hydrogens (tertiary/aromatic N) is 7. The van der Waals surface area contributed by atoms with Gasteiger partial charge in [-0.15, -0.1) is 5.10 Å². The normalized spacial score (nSPS) is 16.5. The molecule has 0 bridgehead atoms. The van der Waals surface area contributed by atoms with Crippen LogP contribution < -0.4 is 0 Å². The van der Waals surface area contributed by atoms with Gasteiger partial charge in [-0.2, -0.15) is 17.9 Å². The highest BCUT2D eigenvalue weighted by molar-refractivity contribution is 6.34. The van der Waals surface area contributed by atoms with Crippen LogP contribution >= 0.6 is 11.6 Å². The Bertz CT molecular complexity index is 1120. The number of rotatable bonds is 2. The van der Waals surface area contributed by atoms with E-state index in [0.29, 0.717) is 17.6 Å². The van der Waals surface area contributed by atoms with Gasteiger partial charge in [0.2, 0.25) is 0 Å². The quantitative estimate of drug-likeness (QED) is 0.568. The summed E-state index contributed by atoms with van der Waals surface area (Å²) in [6.07, 6.45) is -0.902. The third kappa shape index (κ3) is 3.36. The van der Waals surface area contributed by atoms with Gasteiger partial charge in [0.15, 0.2) is 5.82 Å². The lowest BCUT2D eigenvalue weighted by Gasteiger charge is -2.32. The molecule has 0 saturated carbocycles. The third-order valence-corrected chi connectivity index (χ3v) is 5.13. The van der Waals surface area contributed by atoms with Crippen molar-refractivity contribution in [2.45, 2.75) is 25.6 Å². The Balaban J connectivity index is 1.66. The summed E-state index contributed by atoms with van der Waals surface area (Å²) in [5.41, 5.74) is -0.485. The second-order valence-electron chi connectivity index (χ2n) is 6.51. The van der Waals surface area contributed by atoms with Gasteiger partial charge in [-0.05, 0) is 6.92 Å². The Morgan fingerprint density at radius 1 is 1.20 bits per heavy atom. The number of carbonyl (C=O) groups excluding carboxylic acids is 1. The second-order valence-corrected chi connectivity index (χ2v) is 6.88. The second kappa shape index (κ2) is 7.27. The lowest BCUT2D eigenvalue weighted by Crippen LogP contribution is -2.39. The topological polar surface area (TPSA) is 89.7 Å². The number of amides is 1. The number of fused-ring (bicyclic) bond motifs is 1. The highest BCUT2D eigenvalue weighted by Gasteiger charge is 2.38. The maximum absolute atomic E-state index is 13.1. The molecular formula is C17H12ClF4N7O. The van der Waals surface area contributed by atoms with E-state index in [0.717, 1.165) is 18.6 Å². The van der Waals surface area contributed by atoms with Crippen LogP contribution in [0.5, 0.6) is 0 Å². The number of aromatic nitrogens is 6. The molecular weight excluding hydrogens is 430 g/mol. The smallest absolute Gasteiger partial charge is 0.330 e. The van der Waals surface area contributed by atoms with Gasteiger partial charge in [-0.3, -0.25) is 9.78 Å². The zero-order valence-corrected chi connectivity index (χ0v) is 16.0. The van der Waals surface area contributed by atoms with E-state index in [-0.39, 0.29) is 24.5 Å². The average molecular weight is 442 g/mol. The number of alkyl halides is 3. The zero-order valence-electron chi connectivity index (χ0n) is 15.2. The summed E-state index contributed by atoms with van der Waals surface area (Å²) in [5.74, 6) is -1.20. The molecule has 8 nitrogen and oxygen atoms in total. The standard InChI is InChI=1S/C17H12ClF4N7O/c1-8-14-12(29(27-26-14)16-24-4-9(19)5-25-16)2-3-28(8)15(30)10-6-23-7-11(13(10)18)17(20,21)22/h4-8H,2-3H2,1H3. The Morgan fingerprint density at radius 3 is 2.57 bits per heavy atom. The van der Waals surface area contributed by atoms with Crippen LogP contribution in [0.25, 0.3) is 5.95 Å². The van der Waals surface area contributed by atoms with Gasteiger partial charge < -0.3 is 4.90 Å². The molecule has 0 aliphatic carbocycles. The van der Waals surface area contributed by atoms with Gasteiger partial charge in [-0.25, -0.2) is 14.4 Å². The molecule has 4 heterocycles. The van der Waals surface area contributed by atoms with Crippen LogP contribution in [0.1, 0.15) is 40.3 Å². The van der Waals surface area contributed by atoms with Crippen molar-refractivity contribution >= 4 is 17.5 Å². The predicted molar refractivity (Wildman–Crippen MR) is 94.3 cm³/mol. The van der Waals surface area contributed by atoms with Gasteiger partial charge >= 0.3 is 6.18 Å². The predicted octanol–water partition coefficient (Wildman–Crippen LogP) is 3.02. The fraction of sp³-hybridized carbons (Fsp3) is 0.294. The molecule has 1 amide bonds. The minimum Gasteiger partial charge on any atom is -0.330 e. The summed E-state index contributed by atoms with van der Waals surface area (Å²) in [5, 5.41) is 7.33. The van der Waals surface area contributed by atoms with Crippen LogP contribution in [-0.2, 0) is 12.6 Å². The molecule has 0 fully saturated rings. The summed E-state index contributed by atoms with van der Waals surface area (Å²) in [4.78, 5) is 25.5. The number of halogens is 5. The molecule has 1 atom stereocenters. The summed E-state index contributed by atoms with van der Waals surface area (Å²) in [6.45, 7) is 1.82. The minimum atomic E-state index is -4.74. The number of hydrogen-bond acceptors (Lipinski definition) is 6. The van der Waals surface area contributed by atoms with E-state index in [1.807, 2.05) is 0 Å². The summed E-state index contributed by atoms with van der Waals surface area (Å²) < 4.78 is 53.7. The Labute approximate surface area is 171 Å². The highest BCUT2D eigenvalue weighted by atomic mass is 35.5. The fourth-order valence-corrected chi connectivity index (χ4v) is 3.52. The number of hydrogen-bond donors (Lipinski definition) is 0. The van der Waals surface area contributed by atoms with Gasteiger partial charge in [0.1, 0.15) is 5.69 Å². The first-order valence-corrected chi connectivity index (χ1v) is 9.00. The van der Waals surface area contributed by atoms with Gasteiger partial charge in [0.05, 0.1) is 40.3 Å². The van der Waals surface area contributed by atoms with Gasteiger partial charge in [-0.1, -0.05) is 16.8 Å². The van der Waals surface area contributed by atoms with Crippen LogP contribution in [0.4, 0.5) is 17.6 Å². The molecule has 30 heavy (non-hydrogen) atoms. The van der Waals surface area contributed by atoms with Crippen molar-refractivity contribution in [1.82, 2.24) is 34.8 Å². The molecule has 13 heteroatoms. The Kier molecular flexibility index (Phi) is 4.88. The zero-order chi connectivity index (χ0) is 21.6. The lowest BCUT2D eigenvalue weighted by atomic mass is 10.0. The molecule has 0 N–H and O–H groups in total. The van der Waals surface area contributed by atoms with Crippen molar-refractivity contribution in [2.24, 2.45) is 0 Å². The largest absolute Gasteiger partial charge is 0.419 e. The molecule has 1 aliphatic heterocycles. The van der Waals surface area contributed by atoms with Crippen molar-refractivity contribution in [3.05, 3.63) is 58.1 Å². The first-order valence-electron chi connectivity index (χ1n) is 8.62. The highest BCUT2D eigenvalue weighted by Crippen LogP contribution is 2.37. The van der Waals surface area contributed by atoms with E-state index in [9.17, 15) is 22.4 Å². The lowest BCUT2D eigenvalue weighted by molar-refractivity contribution is -0.137. The van der Waals surface area contributed by atoms with E-state index < -0.39 is 34.5 Å². The number of pyridine rings is 1. The van der Waals surface area contributed by atoms with E-state index in [4.69, 9.17) is 11.6 Å². The van der Waals surface area contributed by atoms with Crippen molar-refractivity contribution in [1.29, 1.82) is 0 Å². The summed E-state index contributed by atoms with van der Waals surface area (Å²) in [7, 11) is 0. The first kappa shape index (κ1) is 20.1. The molecule has 4 rings (SSSR count). The molecule has 0 aromatic carbocycles. The van der Waals surface area contributed by atoms with Gasteiger partial charge in [0, 0.05) is 25.4 Å². The van der Waals surface area contributed by atoms with Crippen LogP contribution in [0.15, 0.2) is 24.8 Å². The molecule has 3 aromatic heterocycles. The summed E-state index contributed by atoms with van der Waals surface area (Å²) >= 11 is 5.87. The minimum absolute atomic E-state index is 0.113. The van der Waals surface area contributed by atoms with E-state index in [1.165, 1.54) is 9.58 Å². The monoisotopic (exact) mass is 441 g/mol. The Hall–Kier alpha value is -3.15. The van der Waals surface area contributed by atoms with Crippen molar-refractivity contribution in [3.63, 3.8) is 0 Å². The summed E-state index contributed by atoms with van der Waals surface area (Å²) in [6, 6.07) is -0.610. The van der Waals surface area contributed by atoms with E-state index in [2.05, 4.69) is 25.3 Å². The average Bonchev–Trinajstić information content (AvgIpc) is 3.13. The Morgan fingerprint density at radius 2 is 1.90 bits per heavy atom. The number of carbonyl (C=O) groups is 1. The van der Waals surface area contributed by atoms with Crippen molar-refractivity contribution in [2.75, 3.05) is 6.54 Å². The van der Waals surface area contributed by atoms with Gasteiger partial charge in [0.25, 0.3) is 11.9 Å². The van der Waals surface area contributed by atoms with Crippen molar-refractivity contribution in [3.8, 4) is 5.95 Å². The maximum Gasteiger partial charge on any atom is 0.419 e. The third-order valence-electron chi connectivity index (χ3n) is 4.72. The van der Waals surface area contributed by atoms with Crippen LogP contribution in [0.2, 0.25) is 5.02 Å². The molecule has 0 spiro atoms.